The van der Waals surface area contributed by atoms with Gasteiger partial charge in [0.2, 0.25) is 0 Å². The number of terminal acetylenes is 1. The van der Waals surface area contributed by atoms with E-state index in [-0.39, 0.29) is 0 Å². The highest BCUT2D eigenvalue weighted by Gasteiger charge is 2.07. The number of methoxy groups -OCH3 is 1. The molecular weight excluding hydrogens is 386 g/mol. The molecule has 158 valence electrons. The number of carboxylic acid groups (broad SMARTS) is 2. The third kappa shape index (κ3) is 8.95. The Balaban J connectivity index is 0.000000656. The maximum atomic E-state index is 9.04. The summed E-state index contributed by atoms with van der Waals surface area (Å²) in [6.45, 7) is 6.18. The van der Waals surface area contributed by atoms with Crippen LogP contribution in [0.15, 0.2) is 55.1 Å². The van der Waals surface area contributed by atoms with E-state index in [1.807, 2.05) is 48.5 Å². The molecule has 7 nitrogen and oxygen atoms in total. The number of carboxylic acids is 2. The highest BCUT2D eigenvalue weighted by molar-refractivity contribution is 6.26. The fourth-order valence-corrected chi connectivity index (χ4v) is 2.40. The molecule has 0 aliphatic carbocycles. The highest BCUT2D eigenvalue weighted by atomic mass is 16.5. The van der Waals surface area contributed by atoms with Gasteiger partial charge < -0.3 is 29.4 Å². The maximum absolute atomic E-state index is 9.04. The Morgan fingerprint density at radius 2 is 1.83 bits per heavy atom. The van der Waals surface area contributed by atoms with Crippen molar-refractivity contribution in [1.29, 1.82) is 0 Å². The van der Waals surface area contributed by atoms with Gasteiger partial charge in [0.15, 0.2) is 5.97 Å². The first-order valence-electron chi connectivity index (χ1n) is 8.99. The van der Waals surface area contributed by atoms with Crippen molar-refractivity contribution >= 4 is 17.5 Å². The third-order valence-electron chi connectivity index (χ3n) is 3.90. The van der Waals surface area contributed by atoms with Crippen molar-refractivity contribution in [2.24, 2.45) is 0 Å². The molecule has 7 heteroatoms. The van der Waals surface area contributed by atoms with Crippen molar-refractivity contribution in [2.75, 3.05) is 27.2 Å². The molecule has 0 aromatic heterocycles. The van der Waals surface area contributed by atoms with E-state index >= 15 is 0 Å². The third-order valence-corrected chi connectivity index (χ3v) is 3.90. The minimum Gasteiger partial charge on any atom is -0.539 e. The number of ether oxygens (including phenoxy) is 2. The maximum Gasteiger partial charge on any atom is 0.351 e. The van der Waals surface area contributed by atoms with Crippen LogP contribution in [0.25, 0.3) is 5.57 Å². The van der Waals surface area contributed by atoms with Gasteiger partial charge in [0.25, 0.3) is 0 Å². The van der Waals surface area contributed by atoms with Gasteiger partial charge in [-0.05, 0) is 41.3 Å². The van der Waals surface area contributed by atoms with E-state index in [9.17, 15) is 0 Å². The number of carbonyl (C=O) groups is 2. The van der Waals surface area contributed by atoms with E-state index in [1.165, 1.54) is 4.90 Å². The smallest absolute Gasteiger partial charge is 0.351 e. The van der Waals surface area contributed by atoms with Crippen molar-refractivity contribution in [3.63, 3.8) is 0 Å². The van der Waals surface area contributed by atoms with Crippen molar-refractivity contribution < 1.29 is 34.2 Å². The van der Waals surface area contributed by atoms with Crippen LogP contribution in [0.3, 0.4) is 0 Å². The molecule has 0 amide bonds. The van der Waals surface area contributed by atoms with Crippen molar-refractivity contribution in [1.82, 2.24) is 0 Å². The molecule has 0 aliphatic rings. The number of aliphatic carboxylic acids is 2. The molecule has 0 bridgehead atoms. The van der Waals surface area contributed by atoms with Gasteiger partial charge in [0.1, 0.15) is 31.2 Å². The van der Waals surface area contributed by atoms with Crippen molar-refractivity contribution in [2.45, 2.75) is 6.61 Å². The minimum atomic E-state index is -2.07. The molecule has 2 aromatic rings. The lowest BCUT2D eigenvalue weighted by molar-refractivity contribution is -0.863. The zero-order valence-corrected chi connectivity index (χ0v) is 17.0. The number of hydrogen-bond acceptors (Lipinski definition) is 5. The Hall–Kier alpha value is -3.76. The van der Waals surface area contributed by atoms with Crippen LogP contribution in [0.5, 0.6) is 11.5 Å². The number of quaternary nitrogens is 1. The van der Waals surface area contributed by atoms with Crippen molar-refractivity contribution in [3.8, 4) is 23.8 Å². The molecular formula is C23H25NO6. The molecule has 0 saturated heterocycles. The standard InChI is InChI=1S/C21H23NO2.C2H2O4/c1-5-13-22(3)15-17(2)19-7-6-8-21(14-19)24-16-18-9-11-20(23-4)12-10-18;3-1(4)2(5)6/h1,6-12,14H,2,13,15-16H2,3-4H3;(H,3,4)(H,5,6). The molecule has 30 heavy (non-hydrogen) atoms. The first kappa shape index (κ1) is 24.3. The lowest BCUT2D eigenvalue weighted by atomic mass is 10.1. The monoisotopic (exact) mass is 411 g/mol. The zero-order valence-electron chi connectivity index (χ0n) is 17.0. The molecule has 0 spiro atoms. The van der Waals surface area contributed by atoms with Gasteiger partial charge in [-0.15, -0.1) is 6.42 Å². The van der Waals surface area contributed by atoms with Gasteiger partial charge in [0.05, 0.1) is 14.2 Å². The highest BCUT2D eigenvalue weighted by Crippen LogP contribution is 2.20. The van der Waals surface area contributed by atoms with Gasteiger partial charge in [-0.3, -0.25) is 0 Å². The van der Waals surface area contributed by atoms with Gasteiger partial charge in [0, 0.05) is 5.57 Å². The Morgan fingerprint density at radius 1 is 1.20 bits per heavy atom. The van der Waals surface area contributed by atoms with Gasteiger partial charge in [-0.2, -0.15) is 0 Å². The average Bonchev–Trinajstić information content (AvgIpc) is 2.73. The zero-order chi connectivity index (χ0) is 22.5. The van der Waals surface area contributed by atoms with E-state index in [4.69, 9.17) is 35.7 Å². The Morgan fingerprint density at radius 3 is 2.37 bits per heavy atom. The second-order valence-electron chi connectivity index (χ2n) is 6.38. The first-order valence-corrected chi connectivity index (χ1v) is 8.99. The van der Waals surface area contributed by atoms with E-state index in [2.05, 4.69) is 19.5 Å². The van der Waals surface area contributed by atoms with Crippen LogP contribution in [0.1, 0.15) is 11.1 Å². The summed E-state index contributed by atoms with van der Waals surface area (Å²) in [6.07, 6.45) is 5.35. The first-order chi connectivity index (χ1) is 14.3. The summed E-state index contributed by atoms with van der Waals surface area (Å²) >= 11 is 0. The molecule has 2 N–H and O–H groups in total. The van der Waals surface area contributed by atoms with Crippen molar-refractivity contribution in [3.05, 3.63) is 66.2 Å². The summed E-state index contributed by atoms with van der Waals surface area (Å²) in [7, 11) is 3.72. The summed E-state index contributed by atoms with van der Waals surface area (Å²) in [5.41, 5.74) is 3.23. The number of likely N-dealkylation sites (N-methyl/N-ethyl adjacent to an activating group) is 1. The molecule has 1 atom stereocenters. The summed E-state index contributed by atoms with van der Waals surface area (Å²) in [5, 5.41) is 16.3. The Bertz CT molecular complexity index is 887. The lowest BCUT2D eigenvalue weighted by Gasteiger charge is -2.14. The van der Waals surface area contributed by atoms with Gasteiger partial charge in [-0.1, -0.05) is 30.8 Å². The Labute approximate surface area is 176 Å². The predicted octanol–water partition coefficient (Wildman–Crippen LogP) is 0.256. The second kappa shape index (κ2) is 12.6. The van der Waals surface area contributed by atoms with Crippen LogP contribution < -0.4 is 19.5 Å². The van der Waals surface area contributed by atoms with Gasteiger partial charge >= 0.3 is 5.97 Å². The predicted molar refractivity (Wildman–Crippen MR) is 111 cm³/mol. The molecule has 0 radical (unpaired) electrons. The normalized spacial score (nSPS) is 10.6. The molecule has 0 aliphatic heterocycles. The lowest BCUT2D eigenvalue weighted by Crippen LogP contribution is -3.08. The van der Waals surface area contributed by atoms with Crippen LogP contribution in [0.2, 0.25) is 0 Å². The van der Waals surface area contributed by atoms with E-state index in [1.54, 1.807) is 7.11 Å². The van der Waals surface area contributed by atoms with Crippen LogP contribution in [-0.2, 0) is 16.2 Å². The number of benzene rings is 2. The number of hydrogen-bond donors (Lipinski definition) is 2. The van der Waals surface area contributed by atoms with Crippen LogP contribution in [0, 0.1) is 12.3 Å². The number of nitrogens with one attached hydrogen (secondary N) is 1. The minimum absolute atomic E-state index is 0.516. The molecule has 2 aromatic carbocycles. The molecule has 1 unspecified atom stereocenters. The van der Waals surface area contributed by atoms with E-state index in [0.717, 1.165) is 34.7 Å². The Kier molecular flexibility index (Phi) is 10.2. The van der Waals surface area contributed by atoms with E-state index < -0.39 is 11.9 Å². The van der Waals surface area contributed by atoms with Crippen LogP contribution >= 0.6 is 0 Å². The summed E-state index contributed by atoms with van der Waals surface area (Å²) in [5.74, 6) is 0.337. The average molecular weight is 411 g/mol. The summed E-state index contributed by atoms with van der Waals surface area (Å²) < 4.78 is 11.0. The van der Waals surface area contributed by atoms with Gasteiger partial charge in [-0.25, -0.2) is 4.79 Å². The molecule has 0 heterocycles. The number of rotatable bonds is 8. The molecule has 2 rings (SSSR count). The topological polar surface area (TPSA) is 100 Å². The molecule has 0 saturated carbocycles. The van der Waals surface area contributed by atoms with Crippen LogP contribution in [0.4, 0.5) is 0 Å². The summed E-state index contributed by atoms with van der Waals surface area (Å²) in [6, 6.07) is 15.9. The second-order valence-corrected chi connectivity index (χ2v) is 6.38. The fourth-order valence-electron chi connectivity index (χ4n) is 2.40. The largest absolute Gasteiger partial charge is 0.539 e. The van der Waals surface area contributed by atoms with E-state index in [0.29, 0.717) is 13.2 Å². The summed E-state index contributed by atoms with van der Waals surface area (Å²) in [4.78, 5) is 19.3. The van der Waals surface area contributed by atoms with Crippen LogP contribution in [-0.4, -0.2) is 44.3 Å². The quantitative estimate of drug-likeness (QED) is 0.477. The molecule has 0 fully saturated rings. The fraction of sp³-hybridized carbons (Fsp3) is 0.217. The SMILES string of the molecule is C#CC[NH+](C)CC(=C)c1cccc(OCc2ccc(OC)cc2)c1.O=C([O-])C(=O)O. The number of carbonyl (C=O) groups excluding carboxylic acids is 1.